The lowest BCUT2D eigenvalue weighted by Gasteiger charge is -2.03. The van der Waals surface area contributed by atoms with Crippen LogP contribution in [0, 0.1) is 4.91 Å². The van der Waals surface area contributed by atoms with Gasteiger partial charge in [0, 0.05) is 12.1 Å². The van der Waals surface area contributed by atoms with Gasteiger partial charge in [-0.3, -0.25) is 0 Å². The minimum Gasteiger partial charge on any atom is -0.114 e. The maximum absolute atomic E-state index is 11.9. The summed E-state index contributed by atoms with van der Waals surface area (Å²) >= 11 is 0. The second kappa shape index (κ2) is 8.03. The molecule has 0 heterocycles. The maximum Gasteiger partial charge on any atom is 0.292 e. The van der Waals surface area contributed by atoms with Gasteiger partial charge in [-0.15, -0.1) is 5.43 Å². The summed E-state index contributed by atoms with van der Waals surface area (Å²) in [6.45, 7) is 2.07. The van der Waals surface area contributed by atoms with Gasteiger partial charge in [0.1, 0.15) is 5.69 Å². The van der Waals surface area contributed by atoms with Crippen molar-refractivity contribution >= 4 is 11.4 Å². The average molecular weight is 259 g/mol. The Morgan fingerprint density at radius 1 is 0.947 bits per heavy atom. The molecule has 0 spiro atoms. The number of aryl methyl sites for hydroxylation is 1. The average Bonchev–Trinajstić information content (AvgIpc) is 2.40. The molecule has 2 aromatic rings. The Bertz CT molecular complexity index is 509. The summed E-state index contributed by atoms with van der Waals surface area (Å²) in [6, 6.07) is 16.9. The van der Waals surface area contributed by atoms with Gasteiger partial charge in [0.05, 0.1) is 4.91 Å². The summed E-state index contributed by atoms with van der Waals surface area (Å²) in [5.41, 5.74) is 5.44. The van der Waals surface area contributed by atoms with Crippen LogP contribution in [0.1, 0.15) is 27.3 Å². The molecule has 0 unspecified atom stereocenters. The van der Waals surface area contributed by atoms with E-state index in [1.165, 1.54) is 0 Å². The van der Waals surface area contributed by atoms with Crippen LogP contribution in [0.3, 0.4) is 0 Å². The Hall–Kier alpha value is -2.16. The minimum atomic E-state index is 0. The molecule has 0 bridgehead atoms. The van der Waals surface area contributed by atoms with E-state index in [1.807, 2.05) is 42.5 Å². The molecular weight excluding hydrogens is 236 g/mol. The molecule has 0 aliphatic carbocycles. The first kappa shape index (κ1) is 16.8. The van der Waals surface area contributed by atoms with Crippen LogP contribution in [0.15, 0.2) is 54.6 Å². The van der Waals surface area contributed by atoms with Crippen LogP contribution in [0.4, 0.5) is 11.4 Å². The van der Waals surface area contributed by atoms with Gasteiger partial charge in [-0.1, -0.05) is 58.2 Å². The summed E-state index contributed by atoms with van der Waals surface area (Å²) in [6.07, 6.45) is 0.895. The molecule has 0 aromatic heterocycles. The second-order valence-corrected chi connectivity index (χ2v) is 3.75. The Kier molecular flexibility index (Phi) is 7.12. The molecular formula is C16H23N2O+. The molecule has 0 aliphatic rings. The van der Waals surface area contributed by atoms with E-state index >= 15 is 0 Å². The molecule has 3 nitrogen and oxygen atoms in total. The largest absolute Gasteiger partial charge is 0.292 e. The topological polar surface area (TPSA) is 32.1 Å². The highest BCUT2D eigenvalue weighted by Crippen LogP contribution is 2.18. The molecule has 3 heteroatoms. The van der Waals surface area contributed by atoms with Crippen LogP contribution in [-0.4, -0.2) is 4.87 Å². The number of benzene rings is 2. The zero-order valence-corrected chi connectivity index (χ0v) is 9.76. The first-order valence-electron chi connectivity index (χ1n) is 5.68. The van der Waals surface area contributed by atoms with Crippen LogP contribution >= 0.6 is 0 Å². The molecule has 0 radical (unpaired) electrons. The van der Waals surface area contributed by atoms with Crippen LogP contribution < -0.4 is 5.43 Å². The number of hydrazine groups is 1. The Labute approximate surface area is 115 Å². The van der Waals surface area contributed by atoms with Crippen molar-refractivity contribution in [2.75, 3.05) is 5.43 Å². The molecule has 19 heavy (non-hydrogen) atoms. The fourth-order valence-corrected chi connectivity index (χ4v) is 1.68. The zero-order valence-electron chi connectivity index (χ0n) is 9.76. The fourth-order valence-electron chi connectivity index (χ4n) is 1.68. The van der Waals surface area contributed by atoms with Crippen molar-refractivity contribution in [3.05, 3.63) is 65.1 Å². The molecule has 0 atom stereocenters. The monoisotopic (exact) mass is 259 g/mol. The molecule has 0 aliphatic heterocycles. The number of nitrogens with zero attached hydrogens (tertiary/aromatic N) is 1. The van der Waals surface area contributed by atoms with Crippen LogP contribution in [0.2, 0.25) is 0 Å². The molecule has 0 saturated heterocycles. The highest BCUT2D eigenvalue weighted by Gasteiger charge is 2.14. The van der Waals surface area contributed by atoms with E-state index in [0.717, 1.165) is 22.5 Å². The second-order valence-electron chi connectivity index (χ2n) is 3.75. The van der Waals surface area contributed by atoms with E-state index in [9.17, 15) is 4.91 Å². The highest BCUT2D eigenvalue weighted by molar-refractivity contribution is 5.49. The van der Waals surface area contributed by atoms with Crippen LogP contribution in [0.25, 0.3) is 0 Å². The van der Waals surface area contributed by atoms with Crippen molar-refractivity contribution in [3.8, 4) is 0 Å². The van der Waals surface area contributed by atoms with E-state index in [4.69, 9.17) is 0 Å². The third-order valence-corrected chi connectivity index (χ3v) is 2.61. The predicted octanol–water partition coefficient (Wildman–Crippen LogP) is 4.96. The number of hydrogen-bond acceptors (Lipinski definition) is 1. The van der Waals surface area contributed by atoms with E-state index in [-0.39, 0.29) is 14.9 Å². The Morgan fingerprint density at radius 3 is 2.16 bits per heavy atom. The SMILES string of the molecule is C.C.CCc1ccccc1N[N+](=O)c1ccccc1. The quantitative estimate of drug-likeness (QED) is 0.621. The number of nitroso groups, excluding NO2 is 1. The molecule has 0 fully saturated rings. The van der Waals surface area contributed by atoms with Crippen molar-refractivity contribution in [3.63, 3.8) is 0 Å². The lowest BCUT2D eigenvalue weighted by molar-refractivity contribution is -0.427. The van der Waals surface area contributed by atoms with Gasteiger partial charge in [-0.05, 0) is 18.1 Å². The van der Waals surface area contributed by atoms with E-state index < -0.39 is 0 Å². The van der Waals surface area contributed by atoms with Crippen molar-refractivity contribution < 1.29 is 4.87 Å². The van der Waals surface area contributed by atoms with Crippen molar-refractivity contribution in [2.24, 2.45) is 0 Å². The van der Waals surface area contributed by atoms with Crippen LogP contribution in [0.5, 0.6) is 0 Å². The van der Waals surface area contributed by atoms with Crippen LogP contribution in [-0.2, 0) is 6.42 Å². The molecule has 102 valence electrons. The van der Waals surface area contributed by atoms with Gasteiger partial charge in [-0.2, -0.15) is 0 Å². The van der Waals surface area contributed by atoms with Crippen molar-refractivity contribution in [1.82, 2.24) is 0 Å². The van der Waals surface area contributed by atoms with Crippen molar-refractivity contribution in [2.45, 2.75) is 28.2 Å². The van der Waals surface area contributed by atoms with E-state index in [0.29, 0.717) is 5.69 Å². The number of hydrogen-bond donors (Lipinski definition) is 1. The molecule has 2 aromatic carbocycles. The smallest absolute Gasteiger partial charge is 0.114 e. The van der Waals surface area contributed by atoms with Gasteiger partial charge >= 0.3 is 0 Å². The van der Waals surface area contributed by atoms with Gasteiger partial charge in [0.25, 0.3) is 5.69 Å². The predicted molar refractivity (Wildman–Crippen MR) is 82.6 cm³/mol. The standard InChI is InChI=1S/C14H15N2O.2CH4/c1-2-12-8-6-7-11-14(12)15-16(17)13-9-4-3-5-10-13;;/h3-11H,2H2,1H3,(H,15,17);2*1H4/q+1;;. The van der Waals surface area contributed by atoms with Gasteiger partial charge in [0.2, 0.25) is 0 Å². The fraction of sp³-hybridized carbons (Fsp3) is 0.250. The first-order chi connectivity index (χ1) is 8.31. The van der Waals surface area contributed by atoms with Gasteiger partial charge in [0.15, 0.2) is 4.87 Å². The van der Waals surface area contributed by atoms with Crippen molar-refractivity contribution in [1.29, 1.82) is 0 Å². The Morgan fingerprint density at radius 2 is 1.53 bits per heavy atom. The maximum atomic E-state index is 11.9. The number of rotatable bonds is 4. The summed E-state index contributed by atoms with van der Waals surface area (Å²) in [5.74, 6) is 0. The normalized spacial score (nSPS) is 8.89. The first-order valence-corrected chi connectivity index (χ1v) is 5.68. The molecule has 0 amide bonds. The third kappa shape index (κ3) is 4.21. The van der Waals surface area contributed by atoms with Gasteiger partial charge in [-0.25, -0.2) is 0 Å². The molecule has 2 rings (SSSR count). The summed E-state index contributed by atoms with van der Waals surface area (Å²) in [4.78, 5) is 12.7. The van der Waals surface area contributed by atoms with Gasteiger partial charge < -0.3 is 0 Å². The van der Waals surface area contributed by atoms with E-state index in [2.05, 4.69) is 12.3 Å². The lowest BCUT2D eigenvalue weighted by atomic mass is 10.1. The number of para-hydroxylation sites is 2. The lowest BCUT2D eigenvalue weighted by Crippen LogP contribution is -2.11. The third-order valence-electron chi connectivity index (χ3n) is 2.61. The molecule has 1 N–H and O–H groups in total. The number of anilines is 1. The minimum absolute atomic E-state index is 0. The summed E-state index contributed by atoms with van der Waals surface area (Å²) in [5, 5.41) is 0. The highest BCUT2D eigenvalue weighted by atomic mass is 16.3. The number of nitrogens with one attached hydrogen (secondary N) is 1. The Balaban J connectivity index is 0.00000162. The summed E-state index contributed by atoms with van der Waals surface area (Å²) in [7, 11) is 0. The van der Waals surface area contributed by atoms with E-state index in [1.54, 1.807) is 12.1 Å². The summed E-state index contributed by atoms with van der Waals surface area (Å²) < 4.78 is 0. The molecule has 0 saturated carbocycles. The zero-order chi connectivity index (χ0) is 12.1.